The first-order valence-electron chi connectivity index (χ1n) is 9.40. The Balaban J connectivity index is 1.57. The van der Waals surface area contributed by atoms with Gasteiger partial charge in [-0.15, -0.1) is 0 Å². The summed E-state index contributed by atoms with van der Waals surface area (Å²) >= 11 is 0. The molecule has 0 aliphatic carbocycles. The fraction of sp³-hybridized carbons (Fsp3) is 0.600. The summed E-state index contributed by atoms with van der Waals surface area (Å²) in [6, 6.07) is 3.51. The molecular formula is C20H29N5O. The number of nitrogens with zero attached hydrogens (tertiary/aromatic N) is 5. The maximum atomic E-state index is 12.2. The molecule has 1 fully saturated rings. The molecule has 0 bridgehead atoms. The predicted molar refractivity (Wildman–Crippen MR) is 102 cm³/mol. The fourth-order valence-corrected chi connectivity index (χ4v) is 3.31. The van der Waals surface area contributed by atoms with E-state index >= 15 is 0 Å². The van der Waals surface area contributed by atoms with Crippen LogP contribution in [0.25, 0.3) is 0 Å². The highest BCUT2D eigenvalue weighted by Gasteiger charge is 2.22. The van der Waals surface area contributed by atoms with Crippen molar-refractivity contribution in [3.63, 3.8) is 0 Å². The molecule has 0 saturated carbocycles. The highest BCUT2D eigenvalue weighted by atomic mass is 16.1. The minimum Gasteiger partial charge on any atom is -0.299 e. The summed E-state index contributed by atoms with van der Waals surface area (Å²) in [6.07, 6.45) is 5.99. The second-order valence-electron chi connectivity index (χ2n) is 8.35. The predicted octanol–water partition coefficient (Wildman–Crippen LogP) is 2.55. The van der Waals surface area contributed by atoms with E-state index in [1.54, 1.807) is 10.7 Å². The summed E-state index contributed by atoms with van der Waals surface area (Å²) in [5.74, 6) is 1.31. The molecule has 0 spiro atoms. The second-order valence-corrected chi connectivity index (χ2v) is 8.35. The maximum Gasteiger partial charge on any atom is 0.266 e. The Morgan fingerprint density at radius 2 is 1.77 bits per heavy atom. The van der Waals surface area contributed by atoms with Crippen molar-refractivity contribution >= 4 is 0 Å². The third-order valence-corrected chi connectivity index (χ3v) is 5.01. The van der Waals surface area contributed by atoms with Gasteiger partial charge in [-0.1, -0.05) is 20.8 Å². The van der Waals surface area contributed by atoms with Gasteiger partial charge in [-0.2, -0.15) is 5.10 Å². The van der Waals surface area contributed by atoms with Gasteiger partial charge < -0.3 is 0 Å². The van der Waals surface area contributed by atoms with Crippen molar-refractivity contribution in [3.05, 3.63) is 52.0 Å². The third-order valence-electron chi connectivity index (χ3n) is 5.01. The Morgan fingerprint density at radius 1 is 1.12 bits per heavy atom. The zero-order valence-electron chi connectivity index (χ0n) is 16.3. The molecule has 0 aromatic carbocycles. The van der Waals surface area contributed by atoms with E-state index < -0.39 is 0 Å². The van der Waals surface area contributed by atoms with Crippen molar-refractivity contribution in [2.75, 3.05) is 13.1 Å². The minimum absolute atomic E-state index is 0.00256. The van der Waals surface area contributed by atoms with Crippen molar-refractivity contribution in [3.8, 4) is 0 Å². The van der Waals surface area contributed by atoms with Crippen LogP contribution < -0.4 is 5.56 Å². The Kier molecular flexibility index (Phi) is 5.51. The molecule has 1 aliphatic heterocycles. The zero-order valence-corrected chi connectivity index (χ0v) is 16.3. The van der Waals surface area contributed by atoms with Crippen LogP contribution in [-0.4, -0.2) is 37.7 Å². The van der Waals surface area contributed by atoms with Crippen LogP contribution in [0.2, 0.25) is 0 Å². The highest BCUT2D eigenvalue weighted by Crippen LogP contribution is 2.21. The van der Waals surface area contributed by atoms with Crippen LogP contribution in [0.1, 0.15) is 50.7 Å². The van der Waals surface area contributed by atoms with Gasteiger partial charge in [0.15, 0.2) is 0 Å². The molecule has 0 atom stereocenters. The maximum absolute atomic E-state index is 12.2. The van der Waals surface area contributed by atoms with Crippen molar-refractivity contribution in [1.82, 2.24) is 24.6 Å². The van der Waals surface area contributed by atoms with Crippen LogP contribution in [0.3, 0.4) is 0 Å². The van der Waals surface area contributed by atoms with E-state index in [0.29, 0.717) is 12.5 Å². The van der Waals surface area contributed by atoms with Gasteiger partial charge in [0.1, 0.15) is 5.82 Å². The van der Waals surface area contributed by atoms with E-state index in [2.05, 4.69) is 40.7 Å². The summed E-state index contributed by atoms with van der Waals surface area (Å²) in [6.45, 7) is 11.9. The lowest BCUT2D eigenvalue weighted by atomic mass is 9.92. The van der Waals surface area contributed by atoms with Crippen molar-refractivity contribution in [2.45, 2.75) is 59.0 Å². The molecule has 26 heavy (non-hydrogen) atoms. The van der Waals surface area contributed by atoms with Crippen molar-refractivity contribution < 1.29 is 0 Å². The molecule has 0 unspecified atom stereocenters. The third kappa shape index (κ3) is 4.75. The second kappa shape index (κ2) is 7.66. The highest BCUT2D eigenvalue weighted by molar-refractivity contribution is 5.10. The average molecular weight is 355 g/mol. The van der Waals surface area contributed by atoms with Crippen LogP contribution in [0, 0.1) is 12.8 Å². The van der Waals surface area contributed by atoms with E-state index in [1.165, 1.54) is 0 Å². The molecule has 3 heterocycles. The first kappa shape index (κ1) is 18.7. The molecule has 6 heteroatoms. The molecule has 3 rings (SSSR count). The molecule has 1 saturated heterocycles. The van der Waals surface area contributed by atoms with Gasteiger partial charge in [0, 0.05) is 42.5 Å². The van der Waals surface area contributed by atoms with Crippen molar-refractivity contribution in [1.29, 1.82) is 0 Å². The molecule has 0 N–H and O–H groups in total. The summed E-state index contributed by atoms with van der Waals surface area (Å²) < 4.78 is 1.66. The van der Waals surface area contributed by atoms with Crippen LogP contribution in [0.15, 0.2) is 29.3 Å². The monoisotopic (exact) mass is 355 g/mol. The van der Waals surface area contributed by atoms with Gasteiger partial charge >= 0.3 is 0 Å². The van der Waals surface area contributed by atoms with Crippen LogP contribution >= 0.6 is 0 Å². The number of piperidine rings is 1. The summed E-state index contributed by atoms with van der Waals surface area (Å²) in [5, 5.41) is 4.61. The number of likely N-dealkylation sites (tertiary alicyclic amines) is 1. The Labute approximate surface area is 155 Å². The Bertz CT molecular complexity index is 783. The summed E-state index contributed by atoms with van der Waals surface area (Å²) in [4.78, 5) is 23.2. The lowest BCUT2D eigenvalue weighted by Crippen LogP contribution is -2.37. The molecule has 0 radical (unpaired) electrons. The standard InChI is InChI=1S/C20H29N5O/c1-15-21-11-17(12-22-15)13-24-9-7-16(8-10-24)14-25-19(26)6-5-18(23-25)20(2,3)4/h5-6,11-12,16H,7-10,13-14H2,1-4H3. The molecule has 1 aliphatic rings. The topological polar surface area (TPSA) is 63.9 Å². The van der Waals surface area contributed by atoms with Crippen molar-refractivity contribution in [2.24, 2.45) is 5.92 Å². The molecule has 140 valence electrons. The lowest BCUT2D eigenvalue weighted by Gasteiger charge is -2.32. The fourth-order valence-electron chi connectivity index (χ4n) is 3.31. The number of hydrogen-bond donors (Lipinski definition) is 0. The van der Waals surface area contributed by atoms with Gasteiger partial charge in [0.2, 0.25) is 0 Å². The summed E-state index contributed by atoms with van der Waals surface area (Å²) in [5.41, 5.74) is 2.07. The van der Waals surface area contributed by atoms with Gasteiger partial charge in [-0.05, 0) is 44.8 Å². The Morgan fingerprint density at radius 3 is 2.38 bits per heavy atom. The van der Waals surface area contributed by atoms with Crippen LogP contribution in [0.4, 0.5) is 0 Å². The minimum atomic E-state index is -0.0467. The van der Waals surface area contributed by atoms with Crippen LogP contribution in [-0.2, 0) is 18.5 Å². The molecular weight excluding hydrogens is 326 g/mol. The van der Waals surface area contributed by atoms with Gasteiger partial charge in [-0.3, -0.25) is 9.69 Å². The van der Waals surface area contributed by atoms with E-state index in [9.17, 15) is 4.79 Å². The average Bonchev–Trinajstić information content (AvgIpc) is 2.59. The zero-order chi connectivity index (χ0) is 18.7. The van der Waals surface area contributed by atoms with E-state index in [1.807, 2.05) is 25.4 Å². The lowest BCUT2D eigenvalue weighted by molar-refractivity contribution is 0.163. The molecule has 0 amide bonds. The normalized spacial score (nSPS) is 16.8. The van der Waals surface area contributed by atoms with Gasteiger partial charge in [-0.25, -0.2) is 14.6 Å². The first-order chi connectivity index (χ1) is 12.3. The molecule has 2 aromatic rings. The number of aryl methyl sites for hydroxylation is 1. The van der Waals surface area contributed by atoms with E-state index in [-0.39, 0.29) is 11.0 Å². The number of hydrogen-bond acceptors (Lipinski definition) is 5. The quantitative estimate of drug-likeness (QED) is 0.843. The van der Waals surface area contributed by atoms with E-state index in [4.69, 9.17) is 0 Å². The largest absolute Gasteiger partial charge is 0.299 e. The summed E-state index contributed by atoms with van der Waals surface area (Å²) in [7, 11) is 0. The molecule has 2 aromatic heterocycles. The van der Waals surface area contributed by atoms with Gasteiger partial charge in [0.25, 0.3) is 5.56 Å². The van der Waals surface area contributed by atoms with Crippen LogP contribution in [0.5, 0.6) is 0 Å². The number of aromatic nitrogens is 4. The Hall–Kier alpha value is -2.08. The smallest absolute Gasteiger partial charge is 0.266 e. The number of rotatable bonds is 4. The van der Waals surface area contributed by atoms with Gasteiger partial charge in [0.05, 0.1) is 5.69 Å². The first-order valence-corrected chi connectivity index (χ1v) is 9.40. The molecule has 6 nitrogen and oxygen atoms in total. The SMILES string of the molecule is Cc1ncc(CN2CCC(Cn3nc(C(C)(C)C)ccc3=O)CC2)cn1. The van der Waals surface area contributed by atoms with E-state index in [0.717, 1.165) is 49.6 Å².